The van der Waals surface area contributed by atoms with Crippen molar-refractivity contribution in [2.24, 2.45) is 0 Å². The van der Waals surface area contributed by atoms with Gasteiger partial charge in [0.1, 0.15) is 24.4 Å². The Morgan fingerprint density at radius 3 is 1.36 bits per heavy atom. The topological polar surface area (TPSA) is 55.4 Å². The second-order valence-corrected chi connectivity index (χ2v) is 29.7. The first kappa shape index (κ1) is 31.7. The van der Waals surface area contributed by atoms with E-state index >= 15 is 0 Å². The van der Waals surface area contributed by atoms with Gasteiger partial charge in [0.25, 0.3) is 0 Å². The van der Waals surface area contributed by atoms with Gasteiger partial charge in [-0.15, -0.1) is 0 Å². The molecule has 0 aromatic carbocycles. The summed E-state index contributed by atoms with van der Waals surface area (Å²) in [6, 6.07) is 4.14. The Hall–Kier alpha value is 0.628. The molecule has 6 nitrogen and oxygen atoms in total. The Bertz CT molecular complexity index is 587. The minimum atomic E-state index is -1.93. The quantitative estimate of drug-likeness (QED) is 0.238. The van der Waals surface area contributed by atoms with Gasteiger partial charge in [-0.1, -0.05) is 27.7 Å². The summed E-state index contributed by atoms with van der Waals surface area (Å²) in [5, 5.41) is 0. The van der Waals surface area contributed by atoms with E-state index in [4.69, 9.17) is 27.2 Å². The van der Waals surface area contributed by atoms with Gasteiger partial charge in [0.2, 0.25) is 0 Å². The Morgan fingerprint density at radius 1 is 0.576 bits per heavy atom. The summed E-state index contributed by atoms with van der Waals surface area (Å²) in [6.07, 6.45) is -1.52. The average Bonchev–Trinajstić information content (AvgIpc) is 2.75. The highest BCUT2D eigenvalue weighted by Gasteiger charge is 2.52. The molecule has 0 radical (unpaired) electrons. The van der Waals surface area contributed by atoms with Crippen LogP contribution >= 0.6 is 0 Å². The predicted octanol–water partition coefficient (Wildman–Crippen LogP) is 6.43. The molecule has 1 rings (SSSR count). The zero-order valence-electron chi connectivity index (χ0n) is 23.9. The molecule has 10 heteroatoms. The van der Waals surface area contributed by atoms with Gasteiger partial charge in [-0.05, 0) is 76.6 Å². The van der Waals surface area contributed by atoms with Gasteiger partial charge < -0.3 is 27.2 Å². The fourth-order valence-corrected chi connectivity index (χ4v) is 7.70. The minimum absolute atomic E-state index is 0.232. The van der Waals surface area contributed by atoms with Crippen molar-refractivity contribution < 1.29 is 27.2 Å². The van der Waals surface area contributed by atoms with Crippen LogP contribution in [0.1, 0.15) is 27.7 Å². The normalized spacial score (nSPS) is 27.7. The monoisotopic (exact) mass is 538 g/mol. The lowest BCUT2D eigenvalue weighted by Crippen LogP contribution is -2.66. The highest BCUT2D eigenvalue weighted by molar-refractivity contribution is 6.72. The number of rotatable bonds is 14. The van der Waals surface area contributed by atoms with Crippen LogP contribution in [0.4, 0.5) is 0 Å². The molecular formula is C23H54O6Si4. The molecule has 1 unspecified atom stereocenters. The van der Waals surface area contributed by atoms with Crippen LogP contribution in [0.25, 0.3) is 0 Å². The second kappa shape index (κ2) is 12.7. The Morgan fingerprint density at radius 2 is 0.970 bits per heavy atom. The van der Waals surface area contributed by atoms with Gasteiger partial charge >= 0.3 is 0 Å². The van der Waals surface area contributed by atoms with E-state index in [0.717, 1.165) is 24.2 Å². The summed E-state index contributed by atoms with van der Waals surface area (Å²) in [4.78, 5) is 0. The van der Waals surface area contributed by atoms with Crippen LogP contribution < -0.4 is 0 Å². The molecule has 0 saturated carbocycles. The summed E-state index contributed by atoms with van der Waals surface area (Å²) in [7, 11) is -5.81. The highest BCUT2D eigenvalue weighted by Crippen LogP contribution is 2.35. The van der Waals surface area contributed by atoms with Gasteiger partial charge in [0, 0.05) is 7.11 Å². The standard InChI is InChI=1S/C23H54O6Si4/c1-14-30(6,7)25-18-19-20(27-31(8,9)15-2)21(28-32(10,11)16-3)22(23(24-5)26-19)29-33(12,13)17-4/h19-23H,14-18H2,1-13H3/t19-,20-,21+,22-,23?/m1/s1. The van der Waals surface area contributed by atoms with E-state index in [1.54, 1.807) is 7.11 Å². The summed E-state index contributed by atoms with van der Waals surface area (Å²) in [5.74, 6) is 0. The largest absolute Gasteiger partial charge is 0.415 e. The van der Waals surface area contributed by atoms with E-state index in [1.807, 2.05) is 0 Å². The number of hydrogen-bond donors (Lipinski definition) is 0. The first-order valence-electron chi connectivity index (χ1n) is 12.9. The van der Waals surface area contributed by atoms with Crippen LogP contribution in [0, 0.1) is 0 Å². The van der Waals surface area contributed by atoms with Crippen molar-refractivity contribution in [1.82, 2.24) is 0 Å². The van der Waals surface area contributed by atoms with Crippen molar-refractivity contribution >= 4 is 33.3 Å². The fraction of sp³-hybridized carbons (Fsp3) is 1.00. The Kier molecular flexibility index (Phi) is 12.2. The lowest BCUT2D eigenvalue weighted by atomic mass is 9.99. The molecule has 33 heavy (non-hydrogen) atoms. The molecule has 0 amide bonds. The first-order valence-corrected chi connectivity index (χ1v) is 25.4. The first-order chi connectivity index (χ1) is 15.1. The fourth-order valence-electron chi connectivity index (χ4n) is 3.37. The Labute approximate surface area is 208 Å². The maximum Gasteiger partial charge on any atom is 0.187 e. The van der Waals surface area contributed by atoms with Crippen molar-refractivity contribution in [2.45, 2.75) is 135 Å². The van der Waals surface area contributed by atoms with Crippen LogP contribution in [-0.2, 0) is 27.2 Å². The third-order valence-corrected chi connectivity index (χ3v) is 17.7. The molecule has 0 bridgehead atoms. The molecule has 0 aliphatic carbocycles. The zero-order chi connectivity index (χ0) is 25.7. The van der Waals surface area contributed by atoms with Gasteiger partial charge in [-0.3, -0.25) is 0 Å². The third kappa shape index (κ3) is 9.89. The summed E-state index contributed by atoms with van der Waals surface area (Å²) in [6.45, 7) is 27.5. The molecule has 1 aliphatic rings. The molecule has 5 atom stereocenters. The van der Waals surface area contributed by atoms with Crippen molar-refractivity contribution in [3.8, 4) is 0 Å². The van der Waals surface area contributed by atoms with E-state index < -0.39 is 39.6 Å². The number of methoxy groups -OCH3 is 1. The zero-order valence-corrected chi connectivity index (χ0v) is 27.9. The molecule has 0 spiro atoms. The molecule has 1 aliphatic heterocycles. The van der Waals surface area contributed by atoms with E-state index in [-0.39, 0.29) is 24.4 Å². The van der Waals surface area contributed by atoms with Crippen molar-refractivity contribution in [3.05, 3.63) is 0 Å². The highest BCUT2D eigenvalue weighted by atomic mass is 28.4. The molecule has 0 aromatic rings. The summed E-state index contributed by atoms with van der Waals surface area (Å²) >= 11 is 0. The lowest BCUT2D eigenvalue weighted by Gasteiger charge is -2.51. The third-order valence-electron chi connectivity index (χ3n) is 7.23. The Balaban J connectivity index is 3.47. The second-order valence-electron chi connectivity index (χ2n) is 11.8. The maximum atomic E-state index is 6.98. The lowest BCUT2D eigenvalue weighted by molar-refractivity contribution is -0.283. The minimum Gasteiger partial charge on any atom is -0.415 e. The number of hydrogen-bond acceptors (Lipinski definition) is 6. The van der Waals surface area contributed by atoms with Crippen molar-refractivity contribution in [3.63, 3.8) is 0 Å². The molecular weight excluding hydrogens is 485 g/mol. The molecule has 0 aromatic heterocycles. The van der Waals surface area contributed by atoms with E-state index in [0.29, 0.717) is 6.61 Å². The molecule has 1 heterocycles. The van der Waals surface area contributed by atoms with Gasteiger partial charge in [-0.25, -0.2) is 0 Å². The molecule has 198 valence electrons. The van der Waals surface area contributed by atoms with E-state index in [2.05, 4.69) is 80.1 Å². The summed E-state index contributed by atoms with van der Waals surface area (Å²) in [5.41, 5.74) is 0. The average molecular weight is 539 g/mol. The maximum absolute atomic E-state index is 6.98. The predicted molar refractivity (Wildman–Crippen MR) is 148 cm³/mol. The van der Waals surface area contributed by atoms with E-state index in [9.17, 15) is 0 Å². The van der Waals surface area contributed by atoms with Crippen molar-refractivity contribution in [2.75, 3.05) is 13.7 Å². The van der Waals surface area contributed by atoms with Gasteiger partial charge in [0.15, 0.2) is 39.6 Å². The summed E-state index contributed by atoms with van der Waals surface area (Å²) < 4.78 is 39.7. The van der Waals surface area contributed by atoms with Crippen LogP contribution in [0.3, 0.4) is 0 Å². The molecule has 1 saturated heterocycles. The van der Waals surface area contributed by atoms with E-state index in [1.165, 1.54) is 0 Å². The van der Waals surface area contributed by atoms with Gasteiger partial charge in [-0.2, -0.15) is 0 Å². The number of ether oxygens (including phenoxy) is 2. The van der Waals surface area contributed by atoms with Crippen LogP contribution in [0.15, 0.2) is 0 Å². The SMILES string of the molecule is CC[Si](C)(C)OC[C@H]1OC(OC)[C@H](O[Si](C)(C)CC)[C@@H](O[Si](C)(C)CC)[C@@H]1O[Si](C)(C)CC. The molecule has 0 N–H and O–H groups in total. The molecule has 1 fully saturated rings. The van der Waals surface area contributed by atoms with Crippen LogP contribution in [-0.4, -0.2) is 77.7 Å². The van der Waals surface area contributed by atoms with Crippen LogP contribution in [0.5, 0.6) is 0 Å². The van der Waals surface area contributed by atoms with Gasteiger partial charge in [0.05, 0.1) is 6.61 Å². The van der Waals surface area contributed by atoms with Crippen molar-refractivity contribution in [1.29, 1.82) is 0 Å². The smallest absolute Gasteiger partial charge is 0.187 e. The van der Waals surface area contributed by atoms with Crippen LogP contribution in [0.2, 0.25) is 76.6 Å².